The number of halogens is 1. The van der Waals surface area contributed by atoms with E-state index in [1.807, 2.05) is 39.8 Å². The number of methoxy groups -OCH3 is 1. The van der Waals surface area contributed by atoms with Gasteiger partial charge in [0.1, 0.15) is 11.4 Å². The molecule has 0 saturated heterocycles. The summed E-state index contributed by atoms with van der Waals surface area (Å²) in [5.41, 5.74) is 3.40. The monoisotopic (exact) mass is 482 g/mol. The van der Waals surface area contributed by atoms with E-state index in [4.69, 9.17) is 14.5 Å². The molecule has 0 aliphatic carbocycles. The molecule has 8 heteroatoms. The number of anilines is 1. The first-order valence-electron chi connectivity index (χ1n) is 11.9. The van der Waals surface area contributed by atoms with Gasteiger partial charge in [0.05, 0.1) is 12.3 Å². The molecule has 1 unspecified atom stereocenters. The van der Waals surface area contributed by atoms with Crippen molar-refractivity contribution >= 4 is 23.2 Å². The van der Waals surface area contributed by atoms with Crippen LogP contribution in [-0.4, -0.2) is 52.9 Å². The van der Waals surface area contributed by atoms with Gasteiger partial charge in [0.15, 0.2) is 0 Å². The molecule has 1 atom stereocenters. The molecule has 1 amide bonds. The Morgan fingerprint density at radius 3 is 2.57 bits per heavy atom. The Hall–Kier alpha value is -3.26. The zero-order chi connectivity index (χ0) is 25.6. The molecule has 2 aromatic rings. The van der Waals surface area contributed by atoms with Gasteiger partial charge in [-0.25, -0.2) is 19.2 Å². The lowest BCUT2D eigenvalue weighted by atomic mass is 9.89. The minimum absolute atomic E-state index is 0.0103. The van der Waals surface area contributed by atoms with Gasteiger partial charge < -0.3 is 14.8 Å². The van der Waals surface area contributed by atoms with Crippen LogP contribution in [0.25, 0.3) is 11.1 Å². The highest BCUT2D eigenvalue weighted by Gasteiger charge is 2.31. The molecule has 1 N–H and O–H groups in total. The van der Waals surface area contributed by atoms with Crippen LogP contribution >= 0.6 is 0 Å². The SMILES string of the molecule is CCCC1=C(c2ccnc(NC(C)COC)n2)C(c2ccc(F)cc2)=CCN1C(=O)OC(C)(C)C. The second-order valence-electron chi connectivity index (χ2n) is 9.55. The van der Waals surface area contributed by atoms with E-state index in [1.54, 1.807) is 30.3 Å². The average Bonchev–Trinajstić information content (AvgIpc) is 2.78. The van der Waals surface area contributed by atoms with E-state index < -0.39 is 11.7 Å². The Kier molecular flexibility index (Phi) is 8.62. The largest absolute Gasteiger partial charge is 0.443 e. The van der Waals surface area contributed by atoms with Gasteiger partial charge in [-0.2, -0.15) is 0 Å². The molecule has 35 heavy (non-hydrogen) atoms. The number of nitrogens with zero attached hydrogens (tertiary/aromatic N) is 3. The highest BCUT2D eigenvalue weighted by Crippen LogP contribution is 2.39. The predicted octanol–water partition coefficient (Wildman–Crippen LogP) is 5.91. The van der Waals surface area contributed by atoms with Gasteiger partial charge >= 0.3 is 6.09 Å². The van der Waals surface area contributed by atoms with E-state index in [0.29, 0.717) is 31.2 Å². The fraction of sp³-hybridized carbons (Fsp3) is 0.444. The van der Waals surface area contributed by atoms with E-state index in [9.17, 15) is 9.18 Å². The van der Waals surface area contributed by atoms with Crippen LogP contribution in [0, 0.1) is 5.82 Å². The molecule has 1 aromatic carbocycles. The summed E-state index contributed by atoms with van der Waals surface area (Å²) in [6.45, 7) is 10.4. The lowest BCUT2D eigenvalue weighted by Gasteiger charge is -2.33. The summed E-state index contributed by atoms with van der Waals surface area (Å²) in [4.78, 5) is 24.0. The fourth-order valence-corrected chi connectivity index (χ4v) is 3.94. The summed E-state index contributed by atoms with van der Waals surface area (Å²) in [6, 6.07) is 8.20. The number of hydrogen-bond donors (Lipinski definition) is 1. The van der Waals surface area contributed by atoms with Crippen LogP contribution in [0.3, 0.4) is 0 Å². The van der Waals surface area contributed by atoms with Crippen LogP contribution in [0.2, 0.25) is 0 Å². The maximum Gasteiger partial charge on any atom is 0.414 e. The van der Waals surface area contributed by atoms with Gasteiger partial charge in [-0.05, 0) is 63.5 Å². The van der Waals surface area contributed by atoms with Crippen LogP contribution in [-0.2, 0) is 9.47 Å². The first-order chi connectivity index (χ1) is 16.6. The van der Waals surface area contributed by atoms with Gasteiger partial charge in [-0.15, -0.1) is 0 Å². The van der Waals surface area contributed by atoms with Crippen molar-refractivity contribution in [2.24, 2.45) is 0 Å². The number of carbonyl (C=O) groups is 1. The molecule has 3 rings (SSSR count). The van der Waals surface area contributed by atoms with Crippen molar-refractivity contribution in [3.63, 3.8) is 0 Å². The van der Waals surface area contributed by atoms with Crippen LogP contribution in [0.1, 0.15) is 58.7 Å². The lowest BCUT2D eigenvalue weighted by molar-refractivity contribution is 0.0325. The summed E-state index contributed by atoms with van der Waals surface area (Å²) in [5, 5.41) is 3.25. The fourth-order valence-electron chi connectivity index (χ4n) is 3.94. The third-order valence-corrected chi connectivity index (χ3v) is 5.32. The van der Waals surface area contributed by atoms with Crippen LogP contribution in [0.5, 0.6) is 0 Å². The smallest absolute Gasteiger partial charge is 0.414 e. The highest BCUT2D eigenvalue weighted by molar-refractivity contribution is 6.07. The van der Waals surface area contributed by atoms with Crippen molar-refractivity contribution in [1.29, 1.82) is 0 Å². The third-order valence-electron chi connectivity index (χ3n) is 5.32. The summed E-state index contributed by atoms with van der Waals surface area (Å²) < 4.78 is 24.6. The van der Waals surface area contributed by atoms with Crippen molar-refractivity contribution in [2.75, 3.05) is 25.6 Å². The van der Waals surface area contributed by atoms with Crippen LogP contribution in [0.4, 0.5) is 15.1 Å². The number of allylic oxidation sites excluding steroid dienone is 3. The van der Waals surface area contributed by atoms with E-state index in [2.05, 4.69) is 17.2 Å². The predicted molar refractivity (Wildman–Crippen MR) is 136 cm³/mol. The third kappa shape index (κ3) is 6.88. The van der Waals surface area contributed by atoms with Gasteiger partial charge in [0, 0.05) is 37.2 Å². The van der Waals surface area contributed by atoms with E-state index in [-0.39, 0.29) is 11.9 Å². The zero-order valence-corrected chi connectivity index (χ0v) is 21.4. The Labute approximate surface area is 207 Å². The number of ether oxygens (including phenoxy) is 2. The van der Waals surface area contributed by atoms with Crippen molar-refractivity contribution in [3.05, 3.63) is 65.4 Å². The number of amides is 1. The number of rotatable bonds is 8. The Morgan fingerprint density at radius 1 is 1.23 bits per heavy atom. The first kappa shape index (κ1) is 26.3. The van der Waals surface area contributed by atoms with Crippen molar-refractivity contribution in [2.45, 2.75) is 59.1 Å². The second kappa shape index (κ2) is 11.4. The molecular formula is C27H35FN4O3. The van der Waals surface area contributed by atoms with Gasteiger partial charge in [0.2, 0.25) is 5.95 Å². The Morgan fingerprint density at radius 2 is 1.94 bits per heavy atom. The van der Waals surface area contributed by atoms with E-state index >= 15 is 0 Å². The molecule has 1 aliphatic rings. The first-order valence-corrected chi connectivity index (χ1v) is 11.9. The molecule has 1 aliphatic heterocycles. The minimum Gasteiger partial charge on any atom is -0.443 e. The molecule has 0 spiro atoms. The standard InChI is InChI=1S/C27H35FN4O3/c1-7-8-23-24(22-13-15-29-25(31-22)30-18(2)17-34-6)21(19-9-11-20(28)12-10-19)14-16-32(23)26(33)35-27(3,4)5/h9-15,18H,7-8,16-17H2,1-6H3,(H,29,30,31). The maximum absolute atomic E-state index is 13.7. The number of carbonyl (C=O) groups excluding carboxylic acids is 1. The van der Waals surface area contributed by atoms with E-state index in [0.717, 1.165) is 28.8 Å². The van der Waals surface area contributed by atoms with E-state index in [1.165, 1.54) is 12.1 Å². The lowest BCUT2D eigenvalue weighted by Crippen LogP contribution is -2.38. The normalized spacial score (nSPS) is 15.1. The molecular weight excluding hydrogens is 447 g/mol. The number of hydrogen-bond acceptors (Lipinski definition) is 6. The number of nitrogens with one attached hydrogen (secondary N) is 1. The summed E-state index contributed by atoms with van der Waals surface area (Å²) in [5.74, 6) is 0.156. The number of benzene rings is 1. The molecule has 0 fully saturated rings. The average molecular weight is 483 g/mol. The van der Waals surface area contributed by atoms with Crippen LogP contribution < -0.4 is 5.32 Å². The van der Waals surface area contributed by atoms with Gasteiger partial charge in [0.25, 0.3) is 0 Å². The minimum atomic E-state index is -0.626. The molecule has 2 heterocycles. The molecule has 0 radical (unpaired) electrons. The van der Waals surface area contributed by atoms with Crippen molar-refractivity contribution in [3.8, 4) is 0 Å². The molecule has 0 bridgehead atoms. The number of aromatic nitrogens is 2. The molecule has 0 saturated carbocycles. The summed E-state index contributed by atoms with van der Waals surface area (Å²) in [6.07, 6.45) is 4.70. The Bertz CT molecular complexity index is 1090. The second-order valence-corrected chi connectivity index (χ2v) is 9.55. The molecule has 1 aromatic heterocycles. The summed E-state index contributed by atoms with van der Waals surface area (Å²) in [7, 11) is 1.64. The Balaban J connectivity index is 2.14. The van der Waals surface area contributed by atoms with Crippen molar-refractivity contribution in [1.82, 2.24) is 14.9 Å². The molecule has 7 nitrogen and oxygen atoms in total. The van der Waals surface area contributed by atoms with Gasteiger partial charge in [-0.3, -0.25) is 4.90 Å². The topological polar surface area (TPSA) is 76.6 Å². The maximum atomic E-state index is 13.7. The zero-order valence-electron chi connectivity index (χ0n) is 21.4. The highest BCUT2D eigenvalue weighted by atomic mass is 19.1. The molecule has 188 valence electrons. The van der Waals surface area contributed by atoms with Crippen molar-refractivity contribution < 1.29 is 18.7 Å². The summed E-state index contributed by atoms with van der Waals surface area (Å²) >= 11 is 0. The quantitative estimate of drug-likeness (QED) is 0.504. The van der Waals surface area contributed by atoms with Gasteiger partial charge in [-0.1, -0.05) is 31.6 Å². The van der Waals surface area contributed by atoms with Crippen LogP contribution in [0.15, 0.2) is 48.3 Å².